The van der Waals surface area contributed by atoms with E-state index in [1.54, 1.807) is 0 Å². The first-order chi connectivity index (χ1) is 8.04. The summed E-state index contributed by atoms with van der Waals surface area (Å²) in [7, 11) is 0. The van der Waals surface area contributed by atoms with Gasteiger partial charge in [-0.1, -0.05) is 0 Å². The van der Waals surface area contributed by atoms with Crippen molar-refractivity contribution in [1.29, 1.82) is 0 Å². The van der Waals surface area contributed by atoms with Gasteiger partial charge in [0.2, 0.25) is 0 Å². The monoisotopic (exact) mass is 305 g/mol. The smallest absolute Gasteiger partial charge is 0.145 e. The highest BCUT2D eigenvalue weighted by Gasteiger charge is 2.34. The van der Waals surface area contributed by atoms with Gasteiger partial charge in [-0.15, -0.1) is 0 Å². The molecule has 1 unspecified atom stereocenters. The van der Waals surface area contributed by atoms with Gasteiger partial charge in [0.05, 0.1) is 4.47 Å². The van der Waals surface area contributed by atoms with Crippen LogP contribution in [0.25, 0.3) is 0 Å². The molecule has 1 aliphatic rings. The first-order valence-corrected chi connectivity index (χ1v) is 6.34. The van der Waals surface area contributed by atoms with E-state index in [9.17, 15) is 8.78 Å². The standard InChI is InChI=1S/C12H14BrF2NO/c13-8-2-3-9(14)10(11(8)15)12(16)4-1-6-17-7-5-12/h2-3H,1,4-7,16H2. The number of benzene rings is 1. The Hall–Kier alpha value is -0.520. The molecule has 0 radical (unpaired) electrons. The van der Waals surface area contributed by atoms with Crippen molar-refractivity contribution in [2.45, 2.75) is 24.8 Å². The minimum Gasteiger partial charge on any atom is -0.381 e. The van der Waals surface area contributed by atoms with E-state index in [0.717, 1.165) is 0 Å². The third-order valence-electron chi connectivity index (χ3n) is 3.15. The average Bonchev–Trinajstić information content (AvgIpc) is 2.50. The van der Waals surface area contributed by atoms with Crippen LogP contribution in [-0.4, -0.2) is 13.2 Å². The van der Waals surface area contributed by atoms with Crippen LogP contribution in [0.2, 0.25) is 0 Å². The molecule has 0 aliphatic carbocycles. The van der Waals surface area contributed by atoms with Gasteiger partial charge in [0, 0.05) is 24.3 Å². The normalized spacial score (nSPS) is 25.6. The van der Waals surface area contributed by atoms with Crippen molar-refractivity contribution in [2.24, 2.45) is 5.73 Å². The van der Waals surface area contributed by atoms with E-state index in [1.165, 1.54) is 12.1 Å². The quantitative estimate of drug-likeness (QED) is 0.809. The largest absolute Gasteiger partial charge is 0.381 e. The predicted molar refractivity (Wildman–Crippen MR) is 64.6 cm³/mol. The molecule has 2 N–H and O–H groups in total. The van der Waals surface area contributed by atoms with Gasteiger partial charge in [0.15, 0.2) is 0 Å². The van der Waals surface area contributed by atoms with Gasteiger partial charge in [-0.25, -0.2) is 8.78 Å². The van der Waals surface area contributed by atoms with Crippen molar-refractivity contribution in [3.05, 3.63) is 33.8 Å². The molecule has 1 aliphatic heterocycles. The first-order valence-electron chi connectivity index (χ1n) is 5.55. The van der Waals surface area contributed by atoms with Crippen molar-refractivity contribution in [2.75, 3.05) is 13.2 Å². The summed E-state index contributed by atoms with van der Waals surface area (Å²) in [5, 5.41) is 0. The summed E-state index contributed by atoms with van der Waals surface area (Å²) in [6.45, 7) is 1.03. The summed E-state index contributed by atoms with van der Waals surface area (Å²) >= 11 is 3.06. The molecule has 0 saturated carbocycles. The number of ether oxygens (including phenoxy) is 1. The topological polar surface area (TPSA) is 35.2 Å². The van der Waals surface area contributed by atoms with Gasteiger partial charge in [-0.05, 0) is 47.3 Å². The number of hydrogen-bond acceptors (Lipinski definition) is 2. The molecule has 1 aromatic carbocycles. The summed E-state index contributed by atoms with van der Waals surface area (Å²) in [5.74, 6) is -1.19. The number of nitrogens with two attached hydrogens (primary N) is 1. The van der Waals surface area contributed by atoms with Crippen molar-refractivity contribution in [1.82, 2.24) is 0 Å². The second-order valence-electron chi connectivity index (χ2n) is 4.34. The van der Waals surface area contributed by atoms with Gasteiger partial charge in [0.1, 0.15) is 11.6 Å². The lowest BCUT2D eigenvalue weighted by molar-refractivity contribution is 0.139. The maximum absolute atomic E-state index is 14.0. The van der Waals surface area contributed by atoms with Crippen molar-refractivity contribution in [3.63, 3.8) is 0 Å². The van der Waals surface area contributed by atoms with Crippen molar-refractivity contribution < 1.29 is 13.5 Å². The molecule has 94 valence electrons. The van der Waals surface area contributed by atoms with Gasteiger partial charge in [0.25, 0.3) is 0 Å². The molecule has 0 bridgehead atoms. The summed E-state index contributed by atoms with van der Waals surface area (Å²) < 4.78 is 33.4. The molecule has 0 aromatic heterocycles. The zero-order valence-electron chi connectivity index (χ0n) is 9.31. The van der Waals surface area contributed by atoms with Gasteiger partial charge in [-0.3, -0.25) is 0 Å². The van der Waals surface area contributed by atoms with Crippen molar-refractivity contribution >= 4 is 15.9 Å². The third kappa shape index (κ3) is 2.51. The maximum atomic E-state index is 14.0. The molecule has 2 rings (SSSR count). The van der Waals surface area contributed by atoms with E-state index in [0.29, 0.717) is 32.5 Å². The fourth-order valence-corrected chi connectivity index (χ4v) is 2.53. The molecule has 1 heterocycles. The maximum Gasteiger partial charge on any atom is 0.145 e. The van der Waals surface area contributed by atoms with Crippen LogP contribution in [0.4, 0.5) is 8.78 Å². The first kappa shape index (κ1) is 12.9. The van der Waals surface area contributed by atoms with E-state index in [1.807, 2.05) is 0 Å². The lowest BCUT2D eigenvalue weighted by Crippen LogP contribution is -2.39. The van der Waals surface area contributed by atoms with Gasteiger partial charge in [-0.2, -0.15) is 0 Å². The molecule has 0 spiro atoms. The highest BCUT2D eigenvalue weighted by atomic mass is 79.9. The van der Waals surface area contributed by atoms with Gasteiger partial charge < -0.3 is 10.5 Å². The summed E-state index contributed by atoms with van der Waals surface area (Å²) in [6.07, 6.45) is 1.66. The minimum atomic E-state index is -0.978. The minimum absolute atomic E-state index is 0.0302. The molecule has 1 aromatic rings. The molecule has 0 amide bonds. The van der Waals surface area contributed by atoms with Crippen LogP contribution in [0.1, 0.15) is 24.8 Å². The van der Waals surface area contributed by atoms with Gasteiger partial charge >= 0.3 is 0 Å². The Labute approximate surface area is 107 Å². The lowest BCUT2D eigenvalue weighted by atomic mass is 9.83. The lowest BCUT2D eigenvalue weighted by Gasteiger charge is -2.29. The van der Waals surface area contributed by atoms with Crippen LogP contribution in [0.5, 0.6) is 0 Å². The Morgan fingerprint density at radius 2 is 2.00 bits per heavy atom. The van der Waals surface area contributed by atoms with Crippen LogP contribution >= 0.6 is 15.9 Å². The number of halogens is 3. The molecule has 2 nitrogen and oxygen atoms in total. The van der Waals surface area contributed by atoms with E-state index >= 15 is 0 Å². The molecule has 17 heavy (non-hydrogen) atoms. The zero-order valence-corrected chi connectivity index (χ0v) is 10.9. The van der Waals surface area contributed by atoms with Crippen LogP contribution in [0.3, 0.4) is 0 Å². The van der Waals surface area contributed by atoms with Crippen molar-refractivity contribution in [3.8, 4) is 0 Å². The van der Waals surface area contributed by atoms with Crippen LogP contribution < -0.4 is 5.73 Å². The van der Waals surface area contributed by atoms with Crippen LogP contribution in [0, 0.1) is 11.6 Å². The molecule has 1 saturated heterocycles. The van der Waals surface area contributed by atoms with E-state index < -0.39 is 17.2 Å². The Bertz CT molecular complexity index is 417. The van der Waals surface area contributed by atoms with Crippen LogP contribution in [-0.2, 0) is 10.3 Å². The number of rotatable bonds is 1. The Morgan fingerprint density at radius 1 is 1.24 bits per heavy atom. The summed E-state index contributed by atoms with van der Waals surface area (Å²) in [6, 6.07) is 2.59. The Kier molecular flexibility index (Phi) is 3.80. The average molecular weight is 306 g/mol. The van der Waals surface area contributed by atoms with E-state index in [-0.39, 0.29) is 10.0 Å². The van der Waals surface area contributed by atoms with E-state index in [4.69, 9.17) is 10.5 Å². The molecular formula is C12H14BrF2NO. The fraction of sp³-hybridized carbons (Fsp3) is 0.500. The van der Waals surface area contributed by atoms with E-state index in [2.05, 4.69) is 15.9 Å². The molecule has 1 atom stereocenters. The molecule has 5 heteroatoms. The molecular weight excluding hydrogens is 292 g/mol. The SMILES string of the molecule is NC1(c2c(F)ccc(Br)c2F)CCCOCC1. The van der Waals surface area contributed by atoms with Crippen LogP contribution in [0.15, 0.2) is 16.6 Å². The Balaban J connectivity index is 2.47. The number of hydrogen-bond donors (Lipinski definition) is 1. The highest BCUT2D eigenvalue weighted by molar-refractivity contribution is 9.10. The fourth-order valence-electron chi connectivity index (χ4n) is 2.20. The zero-order chi connectivity index (χ0) is 12.5. The highest BCUT2D eigenvalue weighted by Crippen LogP contribution is 2.35. The summed E-state index contributed by atoms with van der Waals surface area (Å²) in [5.41, 5.74) is 5.16. The second-order valence-corrected chi connectivity index (χ2v) is 5.19. The molecule has 1 fully saturated rings. The second kappa shape index (κ2) is 5.00. The Morgan fingerprint density at radius 3 is 2.76 bits per heavy atom. The predicted octanol–water partition coefficient (Wildman–Crippen LogP) is 3.08. The third-order valence-corrected chi connectivity index (χ3v) is 3.76. The summed E-state index contributed by atoms with van der Waals surface area (Å²) in [4.78, 5) is 0.